The fourth-order valence-corrected chi connectivity index (χ4v) is 2.76. The Morgan fingerprint density at radius 1 is 1.12 bits per heavy atom. The maximum Gasteiger partial charge on any atom is 0.238 e. The molecular weight excluding hydrogens is 309 g/mol. The number of nitrogens with zero attached hydrogens (tertiary/aromatic N) is 2. The highest BCUT2D eigenvalue weighted by Gasteiger charge is 2.28. The first-order valence-corrected chi connectivity index (χ1v) is 8.33. The van der Waals surface area contributed by atoms with Gasteiger partial charge in [-0.15, -0.1) is 0 Å². The van der Waals surface area contributed by atoms with E-state index in [-0.39, 0.29) is 24.0 Å². The van der Waals surface area contributed by atoms with Gasteiger partial charge in [-0.3, -0.25) is 14.5 Å². The van der Waals surface area contributed by atoms with Gasteiger partial charge in [-0.2, -0.15) is 0 Å². The van der Waals surface area contributed by atoms with Crippen LogP contribution in [-0.4, -0.2) is 54.3 Å². The van der Waals surface area contributed by atoms with Crippen LogP contribution in [0, 0.1) is 11.2 Å². The van der Waals surface area contributed by atoms with Crippen LogP contribution < -0.4 is 5.32 Å². The summed E-state index contributed by atoms with van der Waals surface area (Å²) in [6, 6.07) is 6.12. The van der Waals surface area contributed by atoms with Gasteiger partial charge in [0.15, 0.2) is 0 Å². The molecule has 1 heterocycles. The Labute approximate surface area is 142 Å². The van der Waals surface area contributed by atoms with E-state index in [2.05, 4.69) is 5.32 Å². The molecule has 24 heavy (non-hydrogen) atoms. The molecule has 6 heteroatoms. The van der Waals surface area contributed by atoms with Crippen molar-refractivity contribution in [2.45, 2.75) is 27.2 Å². The summed E-state index contributed by atoms with van der Waals surface area (Å²) in [6.07, 6.45) is 0.828. The van der Waals surface area contributed by atoms with E-state index in [0.717, 1.165) is 13.0 Å². The van der Waals surface area contributed by atoms with Crippen molar-refractivity contribution in [3.05, 3.63) is 30.1 Å². The van der Waals surface area contributed by atoms with Gasteiger partial charge < -0.3 is 10.2 Å². The molecule has 2 rings (SSSR count). The molecule has 0 aromatic heterocycles. The van der Waals surface area contributed by atoms with Crippen molar-refractivity contribution in [3.8, 4) is 0 Å². The molecule has 5 nitrogen and oxygen atoms in total. The van der Waals surface area contributed by atoms with Crippen molar-refractivity contribution in [1.82, 2.24) is 9.80 Å². The molecule has 1 fully saturated rings. The van der Waals surface area contributed by atoms with E-state index in [9.17, 15) is 14.0 Å². The Morgan fingerprint density at radius 3 is 2.50 bits per heavy atom. The first-order chi connectivity index (χ1) is 11.3. The summed E-state index contributed by atoms with van der Waals surface area (Å²) in [6.45, 7) is 8.67. The van der Waals surface area contributed by atoms with Crippen LogP contribution in [0.2, 0.25) is 0 Å². The van der Waals surface area contributed by atoms with E-state index < -0.39 is 11.2 Å². The minimum Gasteiger partial charge on any atom is -0.341 e. The van der Waals surface area contributed by atoms with E-state index in [4.69, 9.17) is 0 Å². The van der Waals surface area contributed by atoms with Crippen LogP contribution in [0.4, 0.5) is 10.1 Å². The zero-order valence-corrected chi connectivity index (χ0v) is 14.6. The third-order valence-electron chi connectivity index (χ3n) is 4.03. The number of carbonyl (C=O) groups excluding carboxylic acids is 2. The van der Waals surface area contributed by atoms with E-state index in [1.807, 2.05) is 30.6 Å². The number of rotatable bonds is 3. The minimum absolute atomic E-state index is 0.139. The van der Waals surface area contributed by atoms with Gasteiger partial charge in [0.2, 0.25) is 11.8 Å². The number of nitrogens with one attached hydrogen (secondary N) is 1. The summed E-state index contributed by atoms with van der Waals surface area (Å²) in [5.74, 6) is -0.542. The lowest BCUT2D eigenvalue weighted by atomic mass is 9.94. The number of anilines is 1. The lowest BCUT2D eigenvalue weighted by Crippen LogP contribution is -2.42. The summed E-state index contributed by atoms with van der Waals surface area (Å²) < 4.78 is 13.6. The Hall–Kier alpha value is -1.95. The van der Waals surface area contributed by atoms with E-state index in [1.54, 1.807) is 18.2 Å². The molecule has 1 aliphatic rings. The molecule has 132 valence electrons. The van der Waals surface area contributed by atoms with Crippen molar-refractivity contribution >= 4 is 17.5 Å². The standard InChI is InChI=1S/C18H26FN3O2/c1-18(2,3)17(24)22-10-6-9-21(11-12-22)13-16(23)20-15-8-5-4-7-14(15)19/h4-5,7-8H,6,9-13H2,1-3H3,(H,20,23). The van der Waals surface area contributed by atoms with Crippen LogP contribution in [0.5, 0.6) is 0 Å². The zero-order chi connectivity index (χ0) is 17.7. The van der Waals surface area contributed by atoms with Crippen molar-refractivity contribution in [1.29, 1.82) is 0 Å². The lowest BCUT2D eigenvalue weighted by Gasteiger charge is -2.28. The normalized spacial score (nSPS) is 16.6. The molecule has 1 saturated heterocycles. The largest absolute Gasteiger partial charge is 0.341 e. The number of halogens is 1. The highest BCUT2D eigenvalue weighted by Crippen LogP contribution is 2.19. The molecule has 2 amide bonds. The van der Waals surface area contributed by atoms with Crippen molar-refractivity contribution in [2.75, 3.05) is 38.0 Å². The molecular formula is C18H26FN3O2. The molecule has 0 unspecified atom stereocenters. The molecule has 0 saturated carbocycles. The SMILES string of the molecule is CC(C)(C)C(=O)N1CCCN(CC(=O)Nc2ccccc2F)CC1. The van der Waals surface area contributed by atoms with Crippen LogP contribution in [-0.2, 0) is 9.59 Å². The van der Waals surface area contributed by atoms with Gasteiger partial charge in [-0.1, -0.05) is 32.9 Å². The second-order valence-corrected chi connectivity index (χ2v) is 7.20. The highest BCUT2D eigenvalue weighted by atomic mass is 19.1. The maximum atomic E-state index is 13.6. The van der Waals surface area contributed by atoms with Gasteiger partial charge in [0.1, 0.15) is 5.82 Å². The van der Waals surface area contributed by atoms with Crippen LogP contribution in [0.3, 0.4) is 0 Å². The fraction of sp³-hybridized carbons (Fsp3) is 0.556. The van der Waals surface area contributed by atoms with Crippen molar-refractivity contribution in [2.24, 2.45) is 5.41 Å². The van der Waals surface area contributed by atoms with Gasteiger partial charge in [-0.25, -0.2) is 4.39 Å². The molecule has 1 aromatic carbocycles. The number of carbonyl (C=O) groups is 2. The maximum absolute atomic E-state index is 13.6. The monoisotopic (exact) mass is 335 g/mol. The Morgan fingerprint density at radius 2 is 1.83 bits per heavy atom. The van der Waals surface area contributed by atoms with Crippen molar-refractivity contribution < 1.29 is 14.0 Å². The average molecular weight is 335 g/mol. The minimum atomic E-state index is -0.441. The predicted molar refractivity (Wildman–Crippen MR) is 92.1 cm³/mol. The average Bonchev–Trinajstić information content (AvgIpc) is 2.73. The number of amides is 2. The van der Waals surface area contributed by atoms with Crippen LogP contribution in [0.25, 0.3) is 0 Å². The van der Waals surface area contributed by atoms with Crippen molar-refractivity contribution in [3.63, 3.8) is 0 Å². The summed E-state index contributed by atoms with van der Waals surface area (Å²) in [5, 5.41) is 2.60. The van der Waals surface area contributed by atoms with Gasteiger partial charge in [0.25, 0.3) is 0 Å². The zero-order valence-electron chi connectivity index (χ0n) is 14.6. The summed E-state index contributed by atoms with van der Waals surface area (Å²) in [5.41, 5.74) is -0.195. The van der Waals surface area contributed by atoms with Crippen LogP contribution in [0.15, 0.2) is 24.3 Å². The predicted octanol–water partition coefficient (Wildman–Crippen LogP) is 2.34. The van der Waals surface area contributed by atoms with Gasteiger partial charge >= 0.3 is 0 Å². The Bertz CT molecular complexity index is 598. The Balaban J connectivity index is 1.87. The molecule has 1 aliphatic heterocycles. The number of hydrogen-bond donors (Lipinski definition) is 1. The molecule has 1 aromatic rings. The molecule has 0 bridgehead atoms. The lowest BCUT2D eigenvalue weighted by molar-refractivity contribution is -0.139. The molecule has 0 aliphatic carbocycles. The first-order valence-electron chi connectivity index (χ1n) is 8.33. The van der Waals surface area contributed by atoms with Crippen LogP contribution >= 0.6 is 0 Å². The van der Waals surface area contributed by atoms with Gasteiger partial charge in [-0.05, 0) is 18.6 Å². The molecule has 0 spiro atoms. The third kappa shape index (κ3) is 5.03. The molecule has 1 N–H and O–H groups in total. The number of hydrogen-bond acceptors (Lipinski definition) is 3. The van der Waals surface area contributed by atoms with E-state index >= 15 is 0 Å². The van der Waals surface area contributed by atoms with Gasteiger partial charge in [0, 0.05) is 31.6 Å². The quantitative estimate of drug-likeness (QED) is 0.922. The topological polar surface area (TPSA) is 52.7 Å². The van der Waals surface area contributed by atoms with Crippen LogP contribution in [0.1, 0.15) is 27.2 Å². The van der Waals surface area contributed by atoms with E-state index in [0.29, 0.717) is 19.6 Å². The number of benzene rings is 1. The second-order valence-electron chi connectivity index (χ2n) is 7.20. The fourth-order valence-electron chi connectivity index (χ4n) is 2.76. The smallest absolute Gasteiger partial charge is 0.238 e. The Kier molecular flexibility index (Phi) is 5.94. The van der Waals surface area contributed by atoms with Gasteiger partial charge in [0.05, 0.1) is 12.2 Å². The summed E-state index contributed by atoms with van der Waals surface area (Å²) in [4.78, 5) is 28.4. The second kappa shape index (κ2) is 7.75. The number of para-hydroxylation sites is 1. The third-order valence-corrected chi connectivity index (χ3v) is 4.03. The first kappa shape index (κ1) is 18.4. The summed E-state index contributed by atoms with van der Waals surface area (Å²) in [7, 11) is 0. The van der Waals surface area contributed by atoms with E-state index in [1.165, 1.54) is 6.07 Å². The molecule has 0 radical (unpaired) electrons. The molecule has 0 atom stereocenters. The highest BCUT2D eigenvalue weighted by molar-refractivity contribution is 5.92. The summed E-state index contributed by atoms with van der Waals surface area (Å²) >= 11 is 0.